The molecule has 1 heterocycles. The predicted molar refractivity (Wildman–Crippen MR) is 58.0 cm³/mol. The fourth-order valence-corrected chi connectivity index (χ4v) is 1.93. The minimum atomic E-state index is 0.215. The van der Waals surface area contributed by atoms with Gasteiger partial charge in [0.1, 0.15) is 0 Å². The topological polar surface area (TPSA) is 41.1 Å². The normalized spacial score (nSPS) is 19.1. The predicted octanol–water partition coefficient (Wildman–Crippen LogP) is 1.15. The Bertz CT molecular complexity index is 186. The molecule has 0 spiro atoms. The summed E-state index contributed by atoms with van der Waals surface area (Å²) in [6.45, 7) is 8.17. The third-order valence-corrected chi connectivity index (χ3v) is 3.28. The van der Waals surface area contributed by atoms with E-state index in [-0.39, 0.29) is 11.8 Å². The second-order valence-corrected chi connectivity index (χ2v) is 4.23. The number of carbonyl (C=O) groups is 1. The molecule has 82 valence electrons. The summed E-state index contributed by atoms with van der Waals surface area (Å²) in [5, 5.41) is 6.22. The molecular formula is C11H22N2O. The largest absolute Gasteiger partial charge is 0.353 e. The van der Waals surface area contributed by atoms with Gasteiger partial charge < -0.3 is 10.6 Å². The lowest BCUT2D eigenvalue weighted by molar-refractivity contribution is -0.127. The van der Waals surface area contributed by atoms with Crippen molar-refractivity contribution < 1.29 is 4.79 Å². The average Bonchev–Trinajstić information content (AvgIpc) is 2.02. The summed E-state index contributed by atoms with van der Waals surface area (Å²) in [5.41, 5.74) is 0. The molecule has 14 heavy (non-hydrogen) atoms. The zero-order valence-corrected chi connectivity index (χ0v) is 9.47. The molecule has 1 amide bonds. The number of hydrogen-bond acceptors (Lipinski definition) is 2. The Morgan fingerprint density at radius 1 is 1.43 bits per heavy atom. The lowest BCUT2D eigenvalue weighted by Gasteiger charge is -2.29. The SMILES string of the molecule is CCC(CC)C(C)NC(=O)C1CNC1. The van der Waals surface area contributed by atoms with Crippen molar-refractivity contribution in [1.29, 1.82) is 0 Å². The average molecular weight is 198 g/mol. The molecule has 1 saturated heterocycles. The Kier molecular flexibility index (Phi) is 4.39. The first-order valence-electron chi connectivity index (χ1n) is 5.70. The summed E-state index contributed by atoms with van der Waals surface area (Å²) in [6, 6.07) is 0.318. The summed E-state index contributed by atoms with van der Waals surface area (Å²) < 4.78 is 0. The molecule has 0 aromatic heterocycles. The van der Waals surface area contributed by atoms with E-state index in [0.717, 1.165) is 25.9 Å². The number of rotatable bonds is 5. The molecular weight excluding hydrogens is 176 g/mol. The number of carbonyl (C=O) groups excluding carboxylic acids is 1. The van der Waals surface area contributed by atoms with Crippen LogP contribution in [-0.2, 0) is 4.79 Å². The van der Waals surface area contributed by atoms with Gasteiger partial charge in [-0.2, -0.15) is 0 Å². The lowest BCUT2D eigenvalue weighted by atomic mass is 9.94. The van der Waals surface area contributed by atoms with Crippen LogP contribution in [0, 0.1) is 11.8 Å². The third-order valence-electron chi connectivity index (χ3n) is 3.28. The van der Waals surface area contributed by atoms with Crippen molar-refractivity contribution in [1.82, 2.24) is 10.6 Å². The van der Waals surface area contributed by atoms with Crippen LogP contribution in [0.2, 0.25) is 0 Å². The van der Waals surface area contributed by atoms with Gasteiger partial charge in [0.05, 0.1) is 5.92 Å². The van der Waals surface area contributed by atoms with E-state index in [1.807, 2.05) is 0 Å². The molecule has 2 N–H and O–H groups in total. The van der Waals surface area contributed by atoms with Gasteiger partial charge in [0.2, 0.25) is 5.91 Å². The maximum atomic E-state index is 11.6. The van der Waals surface area contributed by atoms with Gasteiger partial charge in [-0.3, -0.25) is 4.79 Å². The van der Waals surface area contributed by atoms with Crippen LogP contribution in [0.15, 0.2) is 0 Å². The molecule has 0 aromatic rings. The fraction of sp³-hybridized carbons (Fsp3) is 0.909. The van der Waals surface area contributed by atoms with Crippen molar-refractivity contribution in [2.75, 3.05) is 13.1 Å². The highest BCUT2D eigenvalue weighted by atomic mass is 16.2. The summed E-state index contributed by atoms with van der Waals surface area (Å²) in [4.78, 5) is 11.6. The van der Waals surface area contributed by atoms with Gasteiger partial charge >= 0.3 is 0 Å². The van der Waals surface area contributed by atoms with Gasteiger partial charge in [-0.05, 0) is 12.8 Å². The van der Waals surface area contributed by atoms with Gasteiger partial charge in [-0.1, -0.05) is 26.7 Å². The van der Waals surface area contributed by atoms with Gasteiger partial charge in [0.15, 0.2) is 0 Å². The molecule has 1 aliphatic heterocycles. The van der Waals surface area contributed by atoms with E-state index < -0.39 is 0 Å². The summed E-state index contributed by atoms with van der Waals surface area (Å²) in [5.74, 6) is 1.06. The van der Waals surface area contributed by atoms with Crippen molar-refractivity contribution in [2.24, 2.45) is 11.8 Å². The minimum Gasteiger partial charge on any atom is -0.353 e. The highest BCUT2D eigenvalue weighted by molar-refractivity contribution is 5.80. The summed E-state index contributed by atoms with van der Waals surface area (Å²) in [6.07, 6.45) is 2.28. The molecule has 0 bridgehead atoms. The van der Waals surface area contributed by atoms with Crippen LogP contribution in [0.1, 0.15) is 33.6 Å². The van der Waals surface area contributed by atoms with E-state index in [4.69, 9.17) is 0 Å². The molecule has 3 nitrogen and oxygen atoms in total. The van der Waals surface area contributed by atoms with Crippen LogP contribution >= 0.6 is 0 Å². The molecule has 1 aliphatic rings. The molecule has 1 fully saturated rings. The summed E-state index contributed by atoms with van der Waals surface area (Å²) in [7, 11) is 0. The Hall–Kier alpha value is -0.570. The summed E-state index contributed by atoms with van der Waals surface area (Å²) >= 11 is 0. The minimum absolute atomic E-state index is 0.215. The van der Waals surface area contributed by atoms with E-state index in [1.165, 1.54) is 0 Å². The number of amides is 1. The van der Waals surface area contributed by atoms with Crippen molar-refractivity contribution in [3.05, 3.63) is 0 Å². The molecule has 1 unspecified atom stereocenters. The van der Waals surface area contributed by atoms with Gasteiger partial charge in [-0.25, -0.2) is 0 Å². The van der Waals surface area contributed by atoms with Crippen LogP contribution in [0.4, 0.5) is 0 Å². The van der Waals surface area contributed by atoms with Crippen molar-refractivity contribution in [3.63, 3.8) is 0 Å². The Morgan fingerprint density at radius 2 is 2.00 bits per heavy atom. The first-order chi connectivity index (χ1) is 6.69. The van der Waals surface area contributed by atoms with Crippen LogP contribution in [0.25, 0.3) is 0 Å². The van der Waals surface area contributed by atoms with Crippen molar-refractivity contribution >= 4 is 5.91 Å². The number of hydrogen-bond donors (Lipinski definition) is 2. The van der Waals surface area contributed by atoms with Gasteiger partial charge in [0.25, 0.3) is 0 Å². The van der Waals surface area contributed by atoms with E-state index in [2.05, 4.69) is 31.4 Å². The zero-order chi connectivity index (χ0) is 10.6. The molecule has 0 aromatic carbocycles. The third kappa shape index (κ3) is 2.71. The Balaban J connectivity index is 2.30. The lowest BCUT2D eigenvalue weighted by Crippen LogP contribution is -2.53. The second-order valence-electron chi connectivity index (χ2n) is 4.23. The first kappa shape index (κ1) is 11.5. The second kappa shape index (κ2) is 5.35. The van der Waals surface area contributed by atoms with Gasteiger partial charge in [-0.15, -0.1) is 0 Å². The molecule has 3 heteroatoms. The van der Waals surface area contributed by atoms with E-state index in [0.29, 0.717) is 12.0 Å². The van der Waals surface area contributed by atoms with E-state index in [1.54, 1.807) is 0 Å². The Morgan fingerprint density at radius 3 is 2.36 bits per heavy atom. The van der Waals surface area contributed by atoms with Crippen LogP contribution in [0.3, 0.4) is 0 Å². The van der Waals surface area contributed by atoms with Gasteiger partial charge in [0, 0.05) is 19.1 Å². The van der Waals surface area contributed by atoms with Crippen LogP contribution in [-0.4, -0.2) is 25.0 Å². The fourth-order valence-electron chi connectivity index (χ4n) is 1.93. The highest BCUT2D eigenvalue weighted by Crippen LogP contribution is 2.13. The zero-order valence-electron chi connectivity index (χ0n) is 9.47. The van der Waals surface area contributed by atoms with E-state index in [9.17, 15) is 4.79 Å². The van der Waals surface area contributed by atoms with Crippen molar-refractivity contribution in [3.8, 4) is 0 Å². The molecule has 1 atom stereocenters. The van der Waals surface area contributed by atoms with E-state index >= 15 is 0 Å². The standard InChI is InChI=1S/C11H22N2O/c1-4-9(5-2)8(3)13-11(14)10-6-12-7-10/h8-10,12H,4-7H2,1-3H3,(H,13,14). The monoisotopic (exact) mass is 198 g/mol. The smallest absolute Gasteiger partial charge is 0.225 e. The van der Waals surface area contributed by atoms with Crippen molar-refractivity contribution in [2.45, 2.75) is 39.7 Å². The first-order valence-corrected chi connectivity index (χ1v) is 5.70. The maximum Gasteiger partial charge on any atom is 0.225 e. The molecule has 0 saturated carbocycles. The quantitative estimate of drug-likeness (QED) is 0.695. The Labute approximate surface area is 86.6 Å². The van der Waals surface area contributed by atoms with Crippen LogP contribution in [0.5, 0.6) is 0 Å². The van der Waals surface area contributed by atoms with Crippen LogP contribution < -0.4 is 10.6 Å². The molecule has 0 radical (unpaired) electrons. The molecule has 1 rings (SSSR count). The molecule has 0 aliphatic carbocycles. The highest BCUT2D eigenvalue weighted by Gasteiger charge is 2.26. The number of nitrogens with one attached hydrogen (secondary N) is 2. The maximum absolute atomic E-state index is 11.6.